The summed E-state index contributed by atoms with van der Waals surface area (Å²) in [5.74, 6) is -0.0675. The van der Waals surface area contributed by atoms with Crippen LogP contribution in [0.25, 0.3) is 11.0 Å². The average Bonchev–Trinajstić information content (AvgIpc) is 2.98. The minimum absolute atomic E-state index is 0.0675. The standard InChI is InChI=1S/C18H13ClN4O/c19-13-7-14-15-10-23(5-4-16(15)22-17(14)21-9-13)18(24)12-3-1-2-11(6-12)8-20/h1-3,6-7,9H,4-5,10H2,(H,21,22). The predicted octanol–water partition coefficient (Wildman–Crippen LogP) is 3.29. The van der Waals surface area contributed by atoms with Crippen LogP contribution < -0.4 is 0 Å². The second kappa shape index (κ2) is 5.66. The van der Waals surface area contributed by atoms with E-state index in [9.17, 15) is 4.79 Å². The number of H-pyrrole nitrogens is 1. The Labute approximate surface area is 143 Å². The normalized spacial score (nSPS) is 13.6. The fourth-order valence-electron chi connectivity index (χ4n) is 3.14. The zero-order valence-electron chi connectivity index (χ0n) is 12.7. The van der Waals surface area contributed by atoms with Crippen LogP contribution in [0.5, 0.6) is 0 Å². The van der Waals surface area contributed by atoms with Crippen LogP contribution in [0, 0.1) is 11.3 Å². The molecule has 3 heterocycles. The molecule has 0 fully saturated rings. The van der Waals surface area contributed by atoms with Crippen LogP contribution in [0.15, 0.2) is 36.5 Å². The number of pyridine rings is 1. The van der Waals surface area contributed by atoms with Gasteiger partial charge in [-0.3, -0.25) is 4.79 Å². The summed E-state index contributed by atoms with van der Waals surface area (Å²) < 4.78 is 0. The number of aromatic amines is 1. The topological polar surface area (TPSA) is 72.8 Å². The molecule has 118 valence electrons. The third kappa shape index (κ3) is 2.41. The minimum atomic E-state index is -0.0675. The lowest BCUT2D eigenvalue weighted by Crippen LogP contribution is -2.35. The van der Waals surface area contributed by atoms with Crippen molar-refractivity contribution in [3.8, 4) is 6.07 Å². The summed E-state index contributed by atoms with van der Waals surface area (Å²) >= 11 is 6.06. The van der Waals surface area contributed by atoms with Crippen molar-refractivity contribution in [2.24, 2.45) is 0 Å². The molecule has 0 spiro atoms. The first-order valence-electron chi connectivity index (χ1n) is 7.60. The minimum Gasteiger partial charge on any atom is -0.343 e. The predicted molar refractivity (Wildman–Crippen MR) is 90.7 cm³/mol. The van der Waals surface area contributed by atoms with Crippen LogP contribution in [-0.2, 0) is 13.0 Å². The maximum atomic E-state index is 12.8. The number of aromatic nitrogens is 2. The SMILES string of the molecule is N#Cc1cccc(C(=O)N2CCc3[nH]c4ncc(Cl)cc4c3C2)c1. The van der Waals surface area contributed by atoms with E-state index in [4.69, 9.17) is 16.9 Å². The van der Waals surface area contributed by atoms with E-state index < -0.39 is 0 Å². The van der Waals surface area contributed by atoms with Crippen LogP contribution in [0.4, 0.5) is 0 Å². The Kier molecular flexibility index (Phi) is 3.47. The summed E-state index contributed by atoms with van der Waals surface area (Å²) in [6.07, 6.45) is 2.36. The number of nitrogens with zero attached hydrogens (tertiary/aromatic N) is 3. The summed E-state index contributed by atoms with van der Waals surface area (Å²) in [7, 11) is 0. The van der Waals surface area contributed by atoms with Gasteiger partial charge in [0.25, 0.3) is 5.91 Å². The number of carbonyl (C=O) groups is 1. The molecule has 2 aromatic heterocycles. The number of nitriles is 1. The van der Waals surface area contributed by atoms with E-state index in [1.807, 2.05) is 6.07 Å². The molecule has 24 heavy (non-hydrogen) atoms. The highest BCUT2D eigenvalue weighted by Gasteiger charge is 2.25. The van der Waals surface area contributed by atoms with E-state index in [1.165, 1.54) is 0 Å². The van der Waals surface area contributed by atoms with E-state index in [-0.39, 0.29) is 5.91 Å². The largest absolute Gasteiger partial charge is 0.343 e. The lowest BCUT2D eigenvalue weighted by Gasteiger charge is -2.27. The Hall–Kier alpha value is -2.84. The maximum Gasteiger partial charge on any atom is 0.254 e. The van der Waals surface area contributed by atoms with Crippen molar-refractivity contribution in [2.75, 3.05) is 6.54 Å². The van der Waals surface area contributed by atoms with Crippen molar-refractivity contribution < 1.29 is 4.79 Å². The molecule has 0 radical (unpaired) electrons. The molecular weight excluding hydrogens is 324 g/mol. The number of halogens is 1. The molecule has 1 amide bonds. The van der Waals surface area contributed by atoms with Gasteiger partial charge in [-0.1, -0.05) is 17.7 Å². The molecule has 3 aromatic rings. The third-order valence-electron chi connectivity index (χ3n) is 4.32. The van der Waals surface area contributed by atoms with Gasteiger partial charge in [-0.2, -0.15) is 5.26 Å². The first-order valence-corrected chi connectivity index (χ1v) is 7.98. The van der Waals surface area contributed by atoms with E-state index in [2.05, 4.69) is 16.0 Å². The van der Waals surface area contributed by atoms with Gasteiger partial charge in [-0.15, -0.1) is 0 Å². The van der Waals surface area contributed by atoms with Crippen molar-refractivity contribution >= 4 is 28.5 Å². The van der Waals surface area contributed by atoms with Crippen molar-refractivity contribution in [3.63, 3.8) is 0 Å². The van der Waals surface area contributed by atoms with Gasteiger partial charge in [0.05, 0.1) is 16.7 Å². The molecule has 0 atom stereocenters. The summed E-state index contributed by atoms with van der Waals surface area (Å²) in [5.41, 5.74) is 3.99. The second-order valence-corrected chi connectivity index (χ2v) is 6.24. The lowest BCUT2D eigenvalue weighted by atomic mass is 10.0. The van der Waals surface area contributed by atoms with Crippen LogP contribution in [-0.4, -0.2) is 27.3 Å². The zero-order chi connectivity index (χ0) is 16.7. The number of hydrogen-bond donors (Lipinski definition) is 1. The van der Waals surface area contributed by atoms with E-state index in [0.717, 1.165) is 28.7 Å². The highest BCUT2D eigenvalue weighted by Crippen LogP contribution is 2.29. The van der Waals surface area contributed by atoms with E-state index in [1.54, 1.807) is 35.4 Å². The van der Waals surface area contributed by atoms with Gasteiger partial charge in [0.1, 0.15) is 5.65 Å². The number of rotatable bonds is 1. The maximum absolute atomic E-state index is 12.8. The number of nitrogens with one attached hydrogen (secondary N) is 1. The molecule has 1 aromatic carbocycles. The van der Waals surface area contributed by atoms with Gasteiger partial charge in [-0.05, 0) is 24.3 Å². The van der Waals surface area contributed by atoms with Gasteiger partial charge in [0.2, 0.25) is 0 Å². The van der Waals surface area contributed by atoms with Crippen molar-refractivity contribution in [2.45, 2.75) is 13.0 Å². The van der Waals surface area contributed by atoms with Gasteiger partial charge >= 0.3 is 0 Å². The number of benzene rings is 1. The van der Waals surface area contributed by atoms with Crippen LogP contribution in [0.3, 0.4) is 0 Å². The molecule has 4 rings (SSSR count). The average molecular weight is 337 g/mol. The monoisotopic (exact) mass is 336 g/mol. The summed E-state index contributed by atoms with van der Waals surface area (Å²) in [6.45, 7) is 1.14. The first kappa shape index (κ1) is 14.7. The fourth-order valence-corrected chi connectivity index (χ4v) is 3.30. The Balaban J connectivity index is 1.68. The number of fused-ring (bicyclic) bond motifs is 3. The molecule has 1 aliphatic rings. The van der Waals surface area contributed by atoms with Crippen molar-refractivity contribution in [1.29, 1.82) is 5.26 Å². The Morgan fingerprint density at radius 2 is 2.25 bits per heavy atom. The molecule has 0 aliphatic carbocycles. The molecule has 0 saturated heterocycles. The first-order chi connectivity index (χ1) is 11.7. The quantitative estimate of drug-likeness (QED) is 0.741. The third-order valence-corrected chi connectivity index (χ3v) is 4.53. The molecule has 1 aliphatic heterocycles. The molecule has 5 nitrogen and oxygen atoms in total. The van der Waals surface area contributed by atoms with Crippen LogP contribution in [0.2, 0.25) is 5.02 Å². The van der Waals surface area contributed by atoms with E-state index >= 15 is 0 Å². The fraction of sp³-hybridized carbons (Fsp3) is 0.167. The Morgan fingerprint density at radius 3 is 3.08 bits per heavy atom. The molecule has 0 saturated carbocycles. The van der Waals surface area contributed by atoms with Crippen LogP contribution in [0.1, 0.15) is 27.2 Å². The number of hydrogen-bond acceptors (Lipinski definition) is 3. The molecule has 6 heteroatoms. The van der Waals surface area contributed by atoms with E-state index in [0.29, 0.717) is 29.2 Å². The van der Waals surface area contributed by atoms with Crippen molar-refractivity contribution in [3.05, 3.63) is 63.9 Å². The summed E-state index contributed by atoms with van der Waals surface area (Å²) in [5, 5.41) is 10.5. The number of carbonyl (C=O) groups excluding carboxylic acids is 1. The Morgan fingerprint density at radius 1 is 1.38 bits per heavy atom. The zero-order valence-corrected chi connectivity index (χ0v) is 13.5. The summed E-state index contributed by atoms with van der Waals surface area (Å²) in [6, 6.07) is 10.7. The number of amides is 1. The lowest BCUT2D eigenvalue weighted by molar-refractivity contribution is 0.0735. The van der Waals surface area contributed by atoms with Gasteiger partial charge in [0.15, 0.2) is 0 Å². The summed E-state index contributed by atoms with van der Waals surface area (Å²) in [4.78, 5) is 22.2. The molecule has 0 unspecified atom stereocenters. The van der Waals surface area contributed by atoms with Gasteiger partial charge < -0.3 is 9.88 Å². The smallest absolute Gasteiger partial charge is 0.254 e. The van der Waals surface area contributed by atoms with Crippen molar-refractivity contribution in [1.82, 2.24) is 14.9 Å². The molecular formula is C18H13ClN4O. The second-order valence-electron chi connectivity index (χ2n) is 5.80. The Bertz CT molecular complexity index is 1000. The highest BCUT2D eigenvalue weighted by atomic mass is 35.5. The van der Waals surface area contributed by atoms with Crippen LogP contribution >= 0.6 is 11.6 Å². The van der Waals surface area contributed by atoms with Gasteiger partial charge in [-0.25, -0.2) is 4.98 Å². The highest BCUT2D eigenvalue weighted by molar-refractivity contribution is 6.31. The molecule has 0 bridgehead atoms. The van der Waals surface area contributed by atoms with Gasteiger partial charge in [0, 0.05) is 47.9 Å². The molecule has 1 N–H and O–H groups in total.